The molecule has 1 fully saturated rings. The first-order chi connectivity index (χ1) is 8.85. The summed E-state index contributed by atoms with van der Waals surface area (Å²) in [6.07, 6.45) is 9.10. The van der Waals surface area contributed by atoms with Gasteiger partial charge in [0.05, 0.1) is 0 Å². The van der Waals surface area contributed by atoms with Gasteiger partial charge in [-0.1, -0.05) is 13.8 Å². The summed E-state index contributed by atoms with van der Waals surface area (Å²) in [6.45, 7) is 6.55. The summed E-state index contributed by atoms with van der Waals surface area (Å²) in [6, 6.07) is 0.691. The predicted octanol–water partition coefficient (Wildman–Crippen LogP) is 2.40. The highest BCUT2D eigenvalue weighted by Crippen LogP contribution is 2.34. The molecule has 1 aliphatic rings. The Labute approximate surface area is 110 Å². The smallest absolute Gasteiger partial charge is 0.138 e. The fourth-order valence-corrected chi connectivity index (χ4v) is 2.50. The second-order valence-electron chi connectivity index (χ2n) is 5.34. The van der Waals surface area contributed by atoms with Gasteiger partial charge in [-0.05, 0) is 44.6 Å². The molecule has 4 nitrogen and oxygen atoms in total. The zero-order valence-corrected chi connectivity index (χ0v) is 11.7. The fraction of sp³-hybridized carbons (Fsp3) is 0.857. The highest BCUT2D eigenvalue weighted by Gasteiger charge is 2.30. The summed E-state index contributed by atoms with van der Waals surface area (Å²) in [5.41, 5.74) is 0. The Hall–Kier alpha value is -0.900. The summed E-state index contributed by atoms with van der Waals surface area (Å²) in [7, 11) is 0. The van der Waals surface area contributed by atoms with E-state index >= 15 is 0 Å². The summed E-state index contributed by atoms with van der Waals surface area (Å²) in [5.74, 6) is 2.07. The number of hydrogen-bond acceptors (Lipinski definition) is 3. The second-order valence-corrected chi connectivity index (χ2v) is 5.34. The molecule has 1 saturated carbocycles. The van der Waals surface area contributed by atoms with Gasteiger partial charge in [-0.2, -0.15) is 5.10 Å². The summed E-state index contributed by atoms with van der Waals surface area (Å²) in [4.78, 5) is 4.39. The third kappa shape index (κ3) is 3.80. The summed E-state index contributed by atoms with van der Waals surface area (Å²) in [5, 5.41) is 7.98. The minimum absolute atomic E-state index is 0.691. The van der Waals surface area contributed by atoms with Crippen molar-refractivity contribution in [1.29, 1.82) is 0 Å². The van der Waals surface area contributed by atoms with Crippen molar-refractivity contribution in [2.45, 2.75) is 65.0 Å². The molecule has 1 unspecified atom stereocenters. The molecular weight excluding hydrogens is 224 g/mol. The molecule has 0 aliphatic heterocycles. The van der Waals surface area contributed by atoms with Gasteiger partial charge in [0.15, 0.2) is 0 Å². The lowest BCUT2D eigenvalue weighted by Crippen LogP contribution is -2.32. The van der Waals surface area contributed by atoms with Gasteiger partial charge >= 0.3 is 0 Å². The zero-order valence-electron chi connectivity index (χ0n) is 11.7. The Bertz CT molecular complexity index is 343. The first-order valence-electron chi connectivity index (χ1n) is 7.45. The third-order valence-electron chi connectivity index (χ3n) is 3.66. The van der Waals surface area contributed by atoms with E-state index in [2.05, 4.69) is 33.9 Å². The molecule has 1 aromatic rings. The Balaban J connectivity index is 1.82. The molecule has 1 heterocycles. The Kier molecular flexibility index (Phi) is 5.17. The van der Waals surface area contributed by atoms with Crippen molar-refractivity contribution in [3.63, 3.8) is 0 Å². The van der Waals surface area contributed by atoms with Gasteiger partial charge in [0.25, 0.3) is 0 Å². The first kappa shape index (κ1) is 13.5. The monoisotopic (exact) mass is 250 g/mol. The van der Waals surface area contributed by atoms with Crippen LogP contribution in [-0.2, 0) is 13.0 Å². The highest BCUT2D eigenvalue weighted by atomic mass is 15.3. The van der Waals surface area contributed by atoms with Crippen molar-refractivity contribution in [2.24, 2.45) is 5.92 Å². The number of aromatic nitrogens is 3. The molecule has 1 aromatic heterocycles. The molecule has 0 aromatic carbocycles. The largest absolute Gasteiger partial charge is 0.314 e. The molecular formula is C14H26N4. The third-order valence-corrected chi connectivity index (χ3v) is 3.66. The lowest BCUT2D eigenvalue weighted by Gasteiger charge is -2.17. The van der Waals surface area contributed by atoms with Crippen LogP contribution in [0.2, 0.25) is 0 Å². The van der Waals surface area contributed by atoms with Crippen LogP contribution in [0.3, 0.4) is 0 Å². The van der Waals surface area contributed by atoms with Crippen LogP contribution < -0.4 is 5.32 Å². The SMILES string of the molecule is CCCNC(CCc1ncnn1CCC)C1CC1. The molecule has 0 spiro atoms. The lowest BCUT2D eigenvalue weighted by atomic mass is 10.1. The number of aryl methyl sites for hydroxylation is 2. The highest BCUT2D eigenvalue weighted by molar-refractivity contribution is 4.91. The molecule has 4 heteroatoms. The molecule has 0 saturated heterocycles. The van der Waals surface area contributed by atoms with E-state index in [1.165, 1.54) is 25.7 Å². The van der Waals surface area contributed by atoms with Gasteiger partial charge in [-0.15, -0.1) is 0 Å². The Morgan fingerprint density at radius 1 is 1.39 bits per heavy atom. The maximum absolute atomic E-state index is 4.39. The molecule has 0 amide bonds. The van der Waals surface area contributed by atoms with E-state index in [1.807, 2.05) is 0 Å². The van der Waals surface area contributed by atoms with Crippen LogP contribution in [0.4, 0.5) is 0 Å². The molecule has 18 heavy (non-hydrogen) atoms. The van der Waals surface area contributed by atoms with E-state index in [-0.39, 0.29) is 0 Å². The molecule has 102 valence electrons. The predicted molar refractivity (Wildman–Crippen MR) is 73.4 cm³/mol. The minimum atomic E-state index is 0.691. The standard InChI is InChI=1S/C14H26N4/c1-3-9-15-13(12-5-6-12)7-8-14-16-11-17-18(14)10-4-2/h11-13,15H,3-10H2,1-2H3. The number of rotatable bonds is 9. The number of hydrogen-bond donors (Lipinski definition) is 1. The van der Waals surface area contributed by atoms with Crippen LogP contribution in [0.15, 0.2) is 6.33 Å². The van der Waals surface area contributed by atoms with Gasteiger partial charge < -0.3 is 5.32 Å². The van der Waals surface area contributed by atoms with Crippen molar-refractivity contribution in [3.8, 4) is 0 Å². The van der Waals surface area contributed by atoms with E-state index in [9.17, 15) is 0 Å². The average Bonchev–Trinajstić information content (AvgIpc) is 3.12. The van der Waals surface area contributed by atoms with E-state index in [0.29, 0.717) is 6.04 Å². The van der Waals surface area contributed by atoms with E-state index in [1.54, 1.807) is 6.33 Å². The van der Waals surface area contributed by atoms with Gasteiger partial charge in [-0.25, -0.2) is 4.98 Å². The van der Waals surface area contributed by atoms with Crippen LogP contribution in [0.1, 0.15) is 51.8 Å². The fourth-order valence-electron chi connectivity index (χ4n) is 2.50. The Morgan fingerprint density at radius 2 is 2.22 bits per heavy atom. The van der Waals surface area contributed by atoms with Crippen molar-refractivity contribution in [1.82, 2.24) is 20.1 Å². The summed E-state index contributed by atoms with van der Waals surface area (Å²) >= 11 is 0. The normalized spacial score (nSPS) is 17.0. The maximum atomic E-state index is 4.39. The molecule has 0 radical (unpaired) electrons. The molecule has 1 atom stereocenters. The van der Waals surface area contributed by atoms with Crippen LogP contribution in [0.25, 0.3) is 0 Å². The van der Waals surface area contributed by atoms with Gasteiger partial charge in [0.2, 0.25) is 0 Å². The van der Waals surface area contributed by atoms with Crippen molar-refractivity contribution < 1.29 is 0 Å². The molecule has 1 N–H and O–H groups in total. The number of nitrogens with one attached hydrogen (secondary N) is 1. The zero-order chi connectivity index (χ0) is 12.8. The van der Waals surface area contributed by atoms with Gasteiger partial charge in [-0.3, -0.25) is 4.68 Å². The molecule has 2 rings (SSSR count). The van der Waals surface area contributed by atoms with Gasteiger partial charge in [0, 0.05) is 19.0 Å². The van der Waals surface area contributed by atoms with E-state index in [0.717, 1.165) is 37.7 Å². The molecule has 1 aliphatic carbocycles. The molecule has 0 bridgehead atoms. The second kappa shape index (κ2) is 6.88. The van der Waals surface area contributed by atoms with Gasteiger partial charge in [0.1, 0.15) is 12.2 Å². The van der Waals surface area contributed by atoms with Crippen molar-refractivity contribution in [3.05, 3.63) is 12.2 Å². The lowest BCUT2D eigenvalue weighted by molar-refractivity contribution is 0.426. The van der Waals surface area contributed by atoms with Crippen LogP contribution in [-0.4, -0.2) is 27.4 Å². The minimum Gasteiger partial charge on any atom is -0.314 e. The van der Waals surface area contributed by atoms with Crippen LogP contribution >= 0.6 is 0 Å². The van der Waals surface area contributed by atoms with E-state index < -0.39 is 0 Å². The Morgan fingerprint density at radius 3 is 2.89 bits per heavy atom. The van der Waals surface area contributed by atoms with Crippen molar-refractivity contribution in [2.75, 3.05) is 6.54 Å². The van der Waals surface area contributed by atoms with E-state index in [4.69, 9.17) is 0 Å². The number of nitrogens with zero attached hydrogens (tertiary/aromatic N) is 3. The topological polar surface area (TPSA) is 42.7 Å². The average molecular weight is 250 g/mol. The van der Waals surface area contributed by atoms with Crippen LogP contribution in [0.5, 0.6) is 0 Å². The summed E-state index contributed by atoms with van der Waals surface area (Å²) < 4.78 is 2.06. The van der Waals surface area contributed by atoms with Crippen molar-refractivity contribution >= 4 is 0 Å². The first-order valence-corrected chi connectivity index (χ1v) is 7.45. The quantitative estimate of drug-likeness (QED) is 0.732. The maximum Gasteiger partial charge on any atom is 0.138 e. The van der Waals surface area contributed by atoms with Crippen LogP contribution in [0, 0.1) is 5.92 Å².